The molecule has 3 N–H and O–H groups in total. The van der Waals surface area contributed by atoms with Gasteiger partial charge >= 0.3 is 0 Å². The fourth-order valence-corrected chi connectivity index (χ4v) is 2.46. The van der Waals surface area contributed by atoms with E-state index in [1.165, 1.54) is 4.88 Å². The molecule has 2 heterocycles. The lowest BCUT2D eigenvalue weighted by Crippen LogP contribution is -2.18. The van der Waals surface area contributed by atoms with Gasteiger partial charge in [0.1, 0.15) is 0 Å². The van der Waals surface area contributed by atoms with Crippen molar-refractivity contribution in [1.82, 2.24) is 9.88 Å². The van der Waals surface area contributed by atoms with Crippen LogP contribution in [0, 0.1) is 0 Å². The van der Waals surface area contributed by atoms with Gasteiger partial charge < -0.3 is 10.8 Å². The number of nitrogens with two attached hydrogens (primary N) is 1. The zero-order valence-electron chi connectivity index (χ0n) is 7.36. The molecule has 0 atom stereocenters. The maximum atomic E-state index is 8.68. The first-order chi connectivity index (χ1) is 6.29. The second-order valence-electron chi connectivity index (χ2n) is 3.21. The van der Waals surface area contributed by atoms with E-state index in [1.54, 1.807) is 11.3 Å². The zero-order valence-corrected chi connectivity index (χ0v) is 8.18. The molecule has 5 heteroatoms. The molecular weight excluding hydrogens is 186 g/mol. The Bertz CT molecular complexity index is 276. The van der Waals surface area contributed by atoms with Crippen molar-refractivity contribution in [2.45, 2.75) is 19.5 Å². The predicted molar refractivity (Wildman–Crippen MR) is 52.3 cm³/mol. The van der Waals surface area contributed by atoms with Crippen molar-refractivity contribution >= 4 is 16.5 Å². The van der Waals surface area contributed by atoms with Crippen molar-refractivity contribution in [1.29, 1.82) is 0 Å². The van der Waals surface area contributed by atoms with Crippen molar-refractivity contribution in [3.63, 3.8) is 0 Å². The van der Waals surface area contributed by atoms with Gasteiger partial charge in [-0.2, -0.15) is 0 Å². The number of rotatable bonds is 3. The minimum Gasteiger partial charge on any atom is -0.396 e. The van der Waals surface area contributed by atoms with E-state index in [-0.39, 0.29) is 6.61 Å². The quantitative estimate of drug-likeness (QED) is 0.740. The van der Waals surface area contributed by atoms with Crippen molar-refractivity contribution in [2.75, 3.05) is 18.9 Å². The second kappa shape index (κ2) is 3.61. The van der Waals surface area contributed by atoms with Crippen molar-refractivity contribution in [3.8, 4) is 0 Å². The van der Waals surface area contributed by atoms with Crippen LogP contribution in [0.2, 0.25) is 0 Å². The summed E-state index contributed by atoms with van der Waals surface area (Å²) in [6.07, 6.45) is 0.838. The summed E-state index contributed by atoms with van der Waals surface area (Å²) in [5, 5.41) is 9.35. The van der Waals surface area contributed by atoms with Crippen LogP contribution in [0.1, 0.15) is 17.0 Å². The molecule has 0 aromatic carbocycles. The average molecular weight is 199 g/mol. The van der Waals surface area contributed by atoms with Gasteiger partial charge in [0.05, 0.1) is 5.69 Å². The van der Waals surface area contributed by atoms with E-state index in [9.17, 15) is 0 Å². The fraction of sp³-hybridized carbons (Fsp3) is 0.625. The maximum absolute atomic E-state index is 8.68. The van der Waals surface area contributed by atoms with Gasteiger partial charge in [-0.3, -0.25) is 4.90 Å². The molecule has 0 spiro atoms. The monoisotopic (exact) mass is 199 g/mol. The molecule has 0 saturated heterocycles. The molecule has 1 aromatic heterocycles. The Balaban J connectivity index is 1.95. The van der Waals surface area contributed by atoms with Crippen LogP contribution in [0.5, 0.6) is 0 Å². The lowest BCUT2D eigenvalue weighted by Gasteiger charge is -2.12. The minimum atomic E-state index is 0.264. The largest absolute Gasteiger partial charge is 0.396 e. The molecule has 4 nitrogen and oxygen atoms in total. The Morgan fingerprint density at radius 2 is 2.38 bits per heavy atom. The highest BCUT2D eigenvalue weighted by molar-refractivity contribution is 7.15. The van der Waals surface area contributed by atoms with E-state index < -0.39 is 0 Å². The normalized spacial score (nSPS) is 16.4. The SMILES string of the molecule is Nc1nc2c(s1)CN(CCCO)C2. The Labute approximate surface area is 81.0 Å². The third-order valence-electron chi connectivity index (χ3n) is 2.17. The van der Waals surface area contributed by atoms with E-state index in [2.05, 4.69) is 9.88 Å². The molecule has 1 aromatic rings. The lowest BCUT2D eigenvalue weighted by atomic mass is 10.4. The summed E-state index contributed by atoms with van der Waals surface area (Å²) in [4.78, 5) is 7.81. The Morgan fingerprint density at radius 3 is 3.08 bits per heavy atom. The topological polar surface area (TPSA) is 62.4 Å². The first-order valence-electron chi connectivity index (χ1n) is 4.37. The number of nitrogens with zero attached hydrogens (tertiary/aromatic N) is 2. The molecule has 0 fully saturated rings. The zero-order chi connectivity index (χ0) is 9.26. The second-order valence-corrected chi connectivity index (χ2v) is 4.32. The van der Waals surface area contributed by atoms with Gasteiger partial charge in [0.2, 0.25) is 0 Å². The number of hydrogen-bond acceptors (Lipinski definition) is 5. The average Bonchev–Trinajstić information content (AvgIpc) is 2.57. The summed E-state index contributed by atoms with van der Waals surface area (Å²) >= 11 is 1.58. The third-order valence-corrected chi connectivity index (χ3v) is 3.08. The highest BCUT2D eigenvalue weighted by Crippen LogP contribution is 2.28. The van der Waals surface area contributed by atoms with Crippen LogP contribution in [-0.4, -0.2) is 28.1 Å². The van der Waals surface area contributed by atoms with Gasteiger partial charge in [-0.1, -0.05) is 0 Å². The standard InChI is InChI=1S/C8H13N3OS/c9-8-10-6-4-11(2-1-3-12)5-7(6)13-8/h12H,1-5H2,(H2,9,10). The Hall–Kier alpha value is -0.650. The first-order valence-corrected chi connectivity index (χ1v) is 5.18. The number of aliphatic hydroxyl groups is 1. The molecule has 2 rings (SSSR count). The summed E-state index contributed by atoms with van der Waals surface area (Å²) in [5.74, 6) is 0. The summed E-state index contributed by atoms with van der Waals surface area (Å²) in [5.41, 5.74) is 6.71. The molecule has 0 radical (unpaired) electrons. The third kappa shape index (κ3) is 1.82. The smallest absolute Gasteiger partial charge is 0.180 e. The van der Waals surface area contributed by atoms with Gasteiger partial charge in [0.15, 0.2) is 5.13 Å². The molecule has 0 amide bonds. The molecule has 1 aliphatic heterocycles. The summed E-state index contributed by atoms with van der Waals surface area (Å²) < 4.78 is 0. The molecule has 0 saturated carbocycles. The molecular formula is C8H13N3OS. The number of fused-ring (bicyclic) bond motifs is 1. The number of thiazole rings is 1. The molecule has 13 heavy (non-hydrogen) atoms. The Morgan fingerprint density at radius 1 is 1.54 bits per heavy atom. The highest BCUT2D eigenvalue weighted by atomic mass is 32.1. The van der Waals surface area contributed by atoms with Crippen molar-refractivity contribution in [2.24, 2.45) is 0 Å². The van der Waals surface area contributed by atoms with E-state index >= 15 is 0 Å². The van der Waals surface area contributed by atoms with E-state index in [0.29, 0.717) is 5.13 Å². The van der Waals surface area contributed by atoms with Crippen LogP contribution in [0.4, 0.5) is 5.13 Å². The van der Waals surface area contributed by atoms with Crippen LogP contribution in [0.15, 0.2) is 0 Å². The van der Waals surface area contributed by atoms with E-state index in [0.717, 1.165) is 31.7 Å². The highest BCUT2D eigenvalue weighted by Gasteiger charge is 2.22. The van der Waals surface area contributed by atoms with Crippen LogP contribution in [0.3, 0.4) is 0 Å². The minimum absolute atomic E-state index is 0.264. The van der Waals surface area contributed by atoms with Crippen molar-refractivity contribution in [3.05, 3.63) is 10.6 Å². The van der Waals surface area contributed by atoms with Crippen LogP contribution in [0.25, 0.3) is 0 Å². The van der Waals surface area contributed by atoms with Crippen LogP contribution >= 0.6 is 11.3 Å². The first kappa shape index (κ1) is 8.93. The fourth-order valence-electron chi connectivity index (χ4n) is 1.57. The van der Waals surface area contributed by atoms with Gasteiger partial charge in [-0.15, -0.1) is 11.3 Å². The predicted octanol–water partition coefficient (Wildman–Crippen LogP) is 0.423. The number of hydrogen-bond donors (Lipinski definition) is 2. The molecule has 72 valence electrons. The van der Waals surface area contributed by atoms with Gasteiger partial charge in [-0.05, 0) is 6.42 Å². The van der Waals surface area contributed by atoms with Crippen molar-refractivity contribution < 1.29 is 5.11 Å². The van der Waals surface area contributed by atoms with E-state index in [1.807, 2.05) is 0 Å². The molecule has 1 aliphatic rings. The Kier molecular flexibility index (Phi) is 2.48. The molecule has 0 unspecified atom stereocenters. The number of aliphatic hydroxyl groups excluding tert-OH is 1. The summed E-state index contributed by atoms with van der Waals surface area (Å²) in [7, 11) is 0. The van der Waals surface area contributed by atoms with Crippen LogP contribution < -0.4 is 5.73 Å². The maximum Gasteiger partial charge on any atom is 0.180 e. The number of nitrogen functional groups attached to an aromatic ring is 1. The van der Waals surface area contributed by atoms with Gasteiger partial charge in [-0.25, -0.2) is 4.98 Å². The molecule has 0 aliphatic carbocycles. The number of aromatic nitrogens is 1. The van der Waals surface area contributed by atoms with Gasteiger partial charge in [0, 0.05) is 31.1 Å². The summed E-state index contributed by atoms with van der Waals surface area (Å²) in [6, 6.07) is 0. The lowest BCUT2D eigenvalue weighted by molar-refractivity contribution is 0.226. The van der Waals surface area contributed by atoms with Gasteiger partial charge in [0.25, 0.3) is 0 Å². The molecule has 0 bridgehead atoms. The summed E-state index contributed by atoms with van der Waals surface area (Å²) in [6.45, 7) is 3.05. The van der Waals surface area contributed by atoms with Crippen LogP contribution in [-0.2, 0) is 13.1 Å². The number of anilines is 1. The van der Waals surface area contributed by atoms with E-state index in [4.69, 9.17) is 10.8 Å².